The van der Waals surface area contributed by atoms with E-state index in [4.69, 9.17) is 9.16 Å². The molecule has 1 aliphatic rings. The molecule has 29 heavy (non-hydrogen) atoms. The summed E-state index contributed by atoms with van der Waals surface area (Å²) in [7, 11) is -2.12. The normalized spacial score (nSPS) is 19.6. The molecule has 1 saturated heterocycles. The molecule has 0 unspecified atom stereocenters. The summed E-state index contributed by atoms with van der Waals surface area (Å²) >= 11 is 0. The number of cyclic esters (lactones) is 1. The third-order valence-corrected chi connectivity index (χ3v) is 10.5. The second-order valence-corrected chi connectivity index (χ2v) is 14.3. The summed E-state index contributed by atoms with van der Waals surface area (Å²) < 4.78 is 11.8. The van der Waals surface area contributed by atoms with Crippen molar-refractivity contribution in [1.82, 2.24) is 4.90 Å². The van der Waals surface area contributed by atoms with Gasteiger partial charge in [0.05, 0.1) is 18.1 Å². The van der Waals surface area contributed by atoms with Crippen LogP contribution in [-0.4, -0.2) is 44.0 Å². The highest BCUT2D eigenvalue weighted by molar-refractivity contribution is 6.74. The predicted octanol–water partition coefficient (Wildman–Crippen LogP) is 5.18. The summed E-state index contributed by atoms with van der Waals surface area (Å²) in [6.07, 6.45) is -0.434. The van der Waals surface area contributed by atoms with Crippen LogP contribution in [0.1, 0.15) is 40.2 Å². The predicted molar refractivity (Wildman–Crippen MR) is 118 cm³/mol. The van der Waals surface area contributed by atoms with Gasteiger partial charge in [-0.25, -0.2) is 9.69 Å². The summed E-state index contributed by atoms with van der Waals surface area (Å²) in [6.45, 7) is 18.8. The van der Waals surface area contributed by atoms with Gasteiger partial charge in [-0.05, 0) is 37.0 Å². The van der Waals surface area contributed by atoms with E-state index in [0.29, 0.717) is 6.42 Å². The molecule has 5 nitrogen and oxygen atoms in total. The molecular formula is C23H35NO4Si. The zero-order valence-corrected chi connectivity index (χ0v) is 19.8. The number of rotatable bonds is 7. The first kappa shape index (κ1) is 23.4. The zero-order chi connectivity index (χ0) is 22.0. The van der Waals surface area contributed by atoms with Crippen molar-refractivity contribution in [1.29, 1.82) is 0 Å². The lowest BCUT2D eigenvalue weighted by atomic mass is 9.96. The van der Waals surface area contributed by atoms with E-state index in [2.05, 4.69) is 40.4 Å². The van der Waals surface area contributed by atoms with Crippen LogP contribution in [-0.2, 0) is 20.4 Å². The summed E-state index contributed by atoms with van der Waals surface area (Å²) in [6, 6.07) is 9.52. The Bertz CT molecular complexity index is 754. The maximum absolute atomic E-state index is 13.4. The van der Waals surface area contributed by atoms with Gasteiger partial charge in [0.2, 0.25) is 5.91 Å². The Kier molecular flexibility index (Phi) is 7.12. The molecule has 0 spiro atoms. The molecule has 0 aromatic heterocycles. The third-order valence-electron chi connectivity index (χ3n) is 6.07. The van der Waals surface area contributed by atoms with Crippen molar-refractivity contribution in [2.75, 3.05) is 6.61 Å². The van der Waals surface area contributed by atoms with Crippen molar-refractivity contribution in [3.05, 3.63) is 48.0 Å². The van der Waals surface area contributed by atoms with Gasteiger partial charge in [0, 0.05) is 0 Å². The molecule has 0 aliphatic carbocycles. The van der Waals surface area contributed by atoms with Crippen LogP contribution in [0.15, 0.2) is 42.5 Å². The molecule has 1 heterocycles. The molecular weight excluding hydrogens is 382 g/mol. The summed E-state index contributed by atoms with van der Waals surface area (Å²) in [4.78, 5) is 27.0. The number of nitrogens with zero attached hydrogens (tertiary/aromatic N) is 1. The van der Waals surface area contributed by atoms with Gasteiger partial charge in [-0.2, -0.15) is 0 Å². The minimum Gasteiger partial charge on any atom is -0.447 e. The van der Waals surface area contributed by atoms with Gasteiger partial charge in [-0.3, -0.25) is 4.79 Å². The van der Waals surface area contributed by atoms with Gasteiger partial charge in [0.25, 0.3) is 0 Å². The quantitative estimate of drug-likeness (QED) is 0.453. The second kappa shape index (κ2) is 8.84. The molecule has 2 amide bonds. The lowest BCUT2D eigenvalue weighted by Gasteiger charge is -2.41. The second-order valence-electron chi connectivity index (χ2n) is 9.56. The molecule has 0 saturated carbocycles. The number of hydrogen-bond acceptors (Lipinski definition) is 4. The average Bonchev–Trinajstić information content (AvgIpc) is 2.98. The van der Waals surface area contributed by atoms with E-state index in [9.17, 15) is 9.59 Å². The van der Waals surface area contributed by atoms with Crippen molar-refractivity contribution in [3.8, 4) is 0 Å². The monoisotopic (exact) mass is 417 g/mol. The van der Waals surface area contributed by atoms with E-state index in [1.165, 1.54) is 4.90 Å². The van der Waals surface area contributed by atoms with Crippen molar-refractivity contribution in [2.24, 2.45) is 5.92 Å². The van der Waals surface area contributed by atoms with Crippen LogP contribution in [0, 0.1) is 5.92 Å². The fourth-order valence-corrected chi connectivity index (χ4v) is 4.63. The number of hydrogen-bond donors (Lipinski definition) is 0. The molecule has 1 fully saturated rings. The zero-order valence-electron chi connectivity index (χ0n) is 18.8. The summed E-state index contributed by atoms with van der Waals surface area (Å²) in [5.41, 5.74) is 1.86. The number of benzene rings is 1. The molecule has 0 bridgehead atoms. The van der Waals surface area contributed by atoms with Crippen molar-refractivity contribution in [3.63, 3.8) is 0 Å². The van der Waals surface area contributed by atoms with E-state index in [1.54, 1.807) is 0 Å². The summed E-state index contributed by atoms with van der Waals surface area (Å²) in [5, 5.41) is 0.00584. The average molecular weight is 418 g/mol. The van der Waals surface area contributed by atoms with Gasteiger partial charge in [0.15, 0.2) is 8.32 Å². The minimum atomic E-state index is -2.12. The van der Waals surface area contributed by atoms with Crippen LogP contribution in [0.5, 0.6) is 0 Å². The molecule has 1 aliphatic heterocycles. The van der Waals surface area contributed by atoms with Crippen LogP contribution < -0.4 is 0 Å². The third kappa shape index (κ3) is 5.37. The highest BCUT2D eigenvalue weighted by Crippen LogP contribution is 2.39. The molecule has 1 aromatic carbocycles. The number of carbonyl (C=O) groups excluding carboxylic acids is 2. The van der Waals surface area contributed by atoms with Gasteiger partial charge in [-0.1, -0.05) is 70.2 Å². The maximum atomic E-state index is 13.4. The van der Waals surface area contributed by atoms with Crippen molar-refractivity contribution >= 4 is 20.3 Å². The number of ether oxygens (including phenoxy) is 1. The van der Waals surface area contributed by atoms with Gasteiger partial charge in [-0.15, -0.1) is 0 Å². The highest BCUT2D eigenvalue weighted by Gasteiger charge is 2.45. The number of amides is 2. The van der Waals surface area contributed by atoms with E-state index in [-0.39, 0.29) is 23.6 Å². The van der Waals surface area contributed by atoms with Gasteiger partial charge in [0.1, 0.15) is 6.61 Å². The lowest BCUT2D eigenvalue weighted by molar-refractivity contribution is -0.135. The van der Waals surface area contributed by atoms with E-state index >= 15 is 0 Å². The Morgan fingerprint density at radius 3 is 2.41 bits per heavy atom. The molecule has 2 rings (SSSR count). The Hall–Kier alpha value is -1.92. The van der Waals surface area contributed by atoms with Crippen LogP contribution >= 0.6 is 0 Å². The first-order valence-electron chi connectivity index (χ1n) is 10.2. The Morgan fingerprint density at radius 2 is 1.90 bits per heavy atom. The molecule has 160 valence electrons. The minimum absolute atomic E-state index is 0.00584. The first-order valence-corrected chi connectivity index (χ1v) is 13.1. The van der Waals surface area contributed by atoms with E-state index in [0.717, 1.165) is 11.1 Å². The highest BCUT2D eigenvalue weighted by atomic mass is 28.4. The van der Waals surface area contributed by atoms with Gasteiger partial charge < -0.3 is 9.16 Å². The molecule has 0 radical (unpaired) electrons. The summed E-state index contributed by atoms with van der Waals surface area (Å²) in [5.74, 6) is -0.786. The Morgan fingerprint density at radius 1 is 1.31 bits per heavy atom. The topological polar surface area (TPSA) is 55.8 Å². The van der Waals surface area contributed by atoms with E-state index < -0.39 is 26.4 Å². The van der Waals surface area contributed by atoms with Crippen LogP contribution in [0.4, 0.5) is 4.79 Å². The van der Waals surface area contributed by atoms with Gasteiger partial charge >= 0.3 is 6.09 Å². The molecule has 1 aromatic rings. The lowest BCUT2D eigenvalue weighted by Crippen LogP contribution is -2.50. The van der Waals surface area contributed by atoms with Crippen molar-refractivity contribution in [2.45, 2.75) is 71.3 Å². The molecule has 3 atom stereocenters. The van der Waals surface area contributed by atoms with Crippen LogP contribution in [0.2, 0.25) is 18.1 Å². The SMILES string of the molecule is C=C(C)[C@H](O[Si](C)(C)C(C)(C)C)[C@H](C)C(=O)N1C(=O)OC[C@@H]1Cc1ccccc1. The Labute approximate surface area is 176 Å². The first-order chi connectivity index (χ1) is 13.3. The molecule has 6 heteroatoms. The fraction of sp³-hybridized carbons (Fsp3) is 0.565. The molecule has 0 N–H and O–H groups in total. The largest absolute Gasteiger partial charge is 0.447 e. The van der Waals surface area contributed by atoms with Crippen LogP contribution in [0.3, 0.4) is 0 Å². The smallest absolute Gasteiger partial charge is 0.416 e. The van der Waals surface area contributed by atoms with E-state index in [1.807, 2.05) is 44.2 Å². The maximum Gasteiger partial charge on any atom is 0.416 e. The number of carbonyl (C=O) groups is 2. The van der Waals surface area contributed by atoms with Crippen LogP contribution in [0.25, 0.3) is 0 Å². The Balaban J connectivity index is 2.22. The van der Waals surface area contributed by atoms with Crippen molar-refractivity contribution < 1.29 is 18.8 Å². The standard InChI is InChI=1S/C23H35NO4Si/c1-16(2)20(28-29(7,8)23(4,5)6)17(3)21(25)24-19(15-27-22(24)26)14-18-12-10-9-11-13-18/h9-13,17,19-20H,1,14-15H2,2-8H3/t17-,19-,20-/m0/s1. The number of imide groups is 1. The fourth-order valence-electron chi connectivity index (χ4n) is 3.24.